The Balaban J connectivity index is 1.77. The fourth-order valence-electron chi connectivity index (χ4n) is 7.06. The van der Waals surface area contributed by atoms with Crippen molar-refractivity contribution in [2.24, 2.45) is 29.6 Å². The van der Waals surface area contributed by atoms with E-state index in [2.05, 4.69) is 45.8 Å². The van der Waals surface area contributed by atoms with Gasteiger partial charge in [-0.05, 0) is 75.2 Å². The average molecular weight is 322 g/mol. The van der Waals surface area contributed by atoms with Crippen LogP contribution in [-0.4, -0.2) is 13.8 Å². The molecule has 6 unspecified atom stereocenters. The van der Waals surface area contributed by atoms with Crippen molar-refractivity contribution >= 4 is 8.24 Å². The molecule has 0 saturated heterocycles. The van der Waals surface area contributed by atoms with Crippen LogP contribution in [0.5, 0.6) is 0 Å². The van der Waals surface area contributed by atoms with E-state index in [9.17, 15) is 0 Å². The van der Waals surface area contributed by atoms with Crippen LogP contribution in [0.4, 0.5) is 0 Å². The molecule has 0 aliphatic heterocycles. The number of nitrogens with one attached hydrogen (secondary N) is 1. The van der Waals surface area contributed by atoms with Crippen LogP contribution in [-0.2, 0) is 0 Å². The van der Waals surface area contributed by atoms with Gasteiger partial charge < -0.3 is 4.98 Å². The molecule has 6 atom stereocenters. The van der Waals surface area contributed by atoms with Gasteiger partial charge in [-0.2, -0.15) is 0 Å². The topological polar surface area (TPSA) is 12.0 Å². The Bertz CT molecular complexity index is 397. The molecule has 0 spiro atoms. The highest BCUT2D eigenvalue weighted by molar-refractivity contribution is 6.76. The predicted octanol–water partition coefficient (Wildman–Crippen LogP) is 5.82. The van der Waals surface area contributed by atoms with E-state index >= 15 is 0 Å². The van der Waals surface area contributed by atoms with Gasteiger partial charge in [0, 0.05) is 5.54 Å². The summed E-state index contributed by atoms with van der Waals surface area (Å²) in [5.41, 5.74) is 1.27. The van der Waals surface area contributed by atoms with Crippen LogP contribution < -0.4 is 4.98 Å². The summed E-state index contributed by atoms with van der Waals surface area (Å²) in [5, 5.41) is 0. The molecule has 2 heteroatoms. The largest absolute Gasteiger partial charge is 0.332 e. The van der Waals surface area contributed by atoms with Crippen LogP contribution in [0.1, 0.15) is 72.6 Å². The third-order valence-corrected chi connectivity index (χ3v) is 11.2. The fraction of sp³-hybridized carbons (Fsp3) is 1.00. The lowest BCUT2D eigenvalue weighted by atomic mass is 9.64. The molecule has 3 rings (SSSR count). The standard InChI is InChI=1S/C20H39NSi/c1-14-11-17-12-15-9-7-8-10-16(15)13-18(17)19(14)22(5,6)21-20(2,3)4/h14-19,21H,7-13H2,1-6H3. The van der Waals surface area contributed by atoms with Crippen molar-refractivity contribution in [1.82, 2.24) is 4.98 Å². The number of hydrogen-bond acceptors (Lipinski definition) is 1. The lowest BCUT2D eigenvalue weighted by molar-refractivity contribution is 0.0932. The molecule has 0 heterocycles. The van der Waals surface area contributed by atoms with Gasteiger partial charge in [0.1, 0.15) is 8.24 Å². The van der Waals surface area contributed by atoms with Crippen molar-refractivity contribution in [1.29, 1.82) is 0 Å². The molecule has 3 aliphatic carbocycles. The molecule has 0 aromatic rings. The smallest absolute Gasteiger partial charge is 0.123 e. The van der Waals surface area contributed by atoms with E-state index in [4.69, 9.17) is 0 Å². The van der Waals surface area contributed by atoms with Crippen LogP contribution in [0.3, 0.4) is 0 Å². The SMILES string of the molecule is CC1CC2CC3CCCCC3CC2C1[Si](C)(C)NC(C)(C)C. The lowest BCUT2D eigenvalue weighted by Crippen LogP contribution is -2.59. The Morgan fingerprint density at radius 2 is 1.45 bits per heavy atom. The van der Waals surface area contributed by atoms with Gasteiger partial charge in [0.05, 0.1) is 0 Å². The number of hydrogen-bond donors (Lipinski definition) is 1. The quantitative estimate of drug-likeness (QED) is 0.632. The zero-order valence-electron chi connectivity index (χ0n) is 15.9. The molecule has 0 aromatic carbocycles. The summed E-state index contributed by atoms with van der Waals surface area (Å²) in [7, 11) is -1.38. The van der Waals surface area contributed by atoms with Gasteiger partial charge in [0.25, 0.3) is 0 Å². The summed E-state index contributed by atoms with van der Waals surface area (Å²) in [6, 6.07) is 0. The first kappa shape index (κ1) is 17.0. The molecule has 128 valence electrons. The third kappa shape index (κ3) is 3.33. The minimum Gasteiger partial charge on any atom is -0.332 e. The zero-order valence-corrected chi connectivity index (χ0v) is 16.9. The summed E-state index contributed by atoms with van der Waals surface area (Å²) in [6.45, 7) is 14.9. The van der Waals surface area contributed by atoms with E-state index in [1.54, 1.807) is 25.7 Å². The zero-order chi connectivity index (χ0) is 16.1. The normalized spacial score (nSPS) is 42.8. The van der Waals surface area contributed by atoms with E-state index in [1.807, 2.05) is 0 Å². The Hall–Kier alpha value is 0.177. The van der Waals surface area contributed by atoms with Crippen molar-refractivity contribution in [2.45, 2.75) is 96.8 Å². The van der Waals surface area contributed by atoms with Crippen LogP contribution in [0.2, 0.25) is 18.6 Å². The molecule has 3 aliphatic rings. The van der Waals surface area contributed by atoms with Gasteiger partial charge in [-0.3, -0.25) is 0 Å². The number of rotatable bonds is 2. The van der Waals surface area contributed by atoms with Crippen LogP contribution in [0, 0.1) is 29.6 Å². The van der Waals surface area contributed by atoms with E-state index < -0.39 is 8.24 Å². The molecule has 3 fully saturated rings. The van der Waals surface area contributed by atoms with Gasteiger partial charge in [0.2, 0.25) is 0 Å². The summed E-state index contributed by atoms with van der Waals surface area (Å²) in [5.74, 6) is 5.24. The minimum atomic E-state index is -1.38. The second kappa shape index (κ2) is 5.92. The van der Waals surface area contributed by atoms with Crippen LogP contribution in [0.25, 0.3) is 0 Å². The summed E-state index contributed by atoms with van der Waals surface area (Å²) in [6.07, 6.45) is 10.8. The van der Waals surface area contributed by atoms with Crippen molar-refractivity contribution in [3.63, 3.8) is 0 Å². The molecule has 1 N–H and O–H groups in total. The van der Waals surface area contributed by atoms with E-state index in [1.165, 1.54) is 19.3 Å². The highest BCUT2D eigenvalue weighted by atomic mass is 28.3. The second-order valence-electron chi connectivity index (χ2n) is 10.5. The highest BCUT2D eigenvalue weighted by Gasteiger charge is 2.53. The lowest BCUT2D eigenvalue weighted by Gasteiger charge is -2.47. The monoisotopic (exact) mass is 321 g/mol. The fourth-order valence-corrected chi connectivity index (χ4v) is 12.2. The van der Waals surface area contributed by atoms with Gasteiger partial charge in [0.15, 0.2) is 0 Å². The Morgan fingerprint density at radius 3 is 2.05 bits per heavy atom. The predicted molar refractivity (Wildman–Crippen MR) is 99.6 cm³/mol. The molecule has 1 nitrogen and oxygen atoms in total. The van der Waals surface area contributed by atoms with Crippen molar-refractivity contribution < 1.29 is 0 Å². The molecular formula is C20H39NSi. The second-order valence-corrected chi connectivity index (χ2v) is 14.9. The van der Waals surface area contributed by atoms with Gasteiger partial charge >= 0.3 is 0 Å². The van der Waals surface area contributed by atoms with Gasteiger partial charge in [-0.15, -0.1) is 0 Å². The molecule has 0 bridgehead atoms. The van der Waals surface area contributed by atoms with E-state index in [-0.39, 0.29) is 5.54 Å². The van der Waals surface area contributed by atoms with E-state index in [0.29, 0.717) is 0 Å². The van der Waals surface area contributed by atoms with Crippen LogP contribution in [0.15, 0.2) is 0 Å². The first-order valence-corrected chi connectivity index (χ1v) is 13.0. The minimum absolute atomic E-state index is 0.273. The molecular weight excluding hydrogens is 282 g/mol. The molecule has 22 heavy (non-hydrogen) atoms. The maximum atomic E-state index is 4.11. The maximum absolute atomic E-state index is 4.11. The summed E-state index contributed by atoms with van der Waals surface area (Å²) in [4.78, 5) is 4.11. The molecule has 3 saturated carbocycles. The average Bonchev–Trinajstić information content (AvgIpc) is 2.68. The van der Waals surface area contributed by atoms with Crippen molar-refractivity contribution in [3.05, 3.63) is 0 Å². The first-order valence-electron chi connectivity index (χ1n) is 9.97. The Kier molecular flexibility index (Phi) is 4.57. The van der Waals surface area contributed by atoms with Crippen molar-refractivity contribution in [3.8, 4) is 0 Å². The summed E-state index contributed by atoms with van der Waals surface area (Å²) >= 11 is 0. The Morgan fingerprint density at radius 1 is 0.864 bits per heavy atom. The summed E-state index contributed by atoms with van der Waals surface area (Å²) < 4.78 is 0. The van der Waals surface area contributed by atoms with Gasteiger partial charge in [-0.1, -0.05) is 45.7 Å². The Labute approximate surface area is 140 Å². The van der Waals surface area contributed by atoms with Crippen LogP contribution >= 0.6 is 0 Å². The molecule has 0 amide bonds. The number of fused-ring (bicyclic) bond motifs is 2. The van der Waals surface area contributed by atoms with Crippen molar-refractivity contribution in [2.75, 3.05) is 0 Å². The molecule has 0 aromatic heterocycles. The first-order chi connectivity index (χ1) is 10.2. The highest BCUT2D eigenvalue weighted by Crippen LogP contribution is 2.59. The van der Waals surface area contributed by atoms with Gasteiger partial charge in [-0.25, -0.2) is 0 Å². The molecule has 0 radical (unpaired) electrons. The third-order valence-electron chi connectivity index (χ3n) is 7.13. The maximum Gasteiger partial charge on any atom is 0.123 e. The van der Waals surface area contributed by atoms with E-state index in [0.717, 1.165) is 35.1 Å².